The molecule has 0 bridgehead atoms. The van der Waals surface area contributed by atoms with Gasteiger partial charge in [0.15, 0.2) is 0 Å². The van der Waals surface area contributed by atoms with Crippen LogP contribution in [0.5, 0.6) is 0 Å². The highest BCUT2D eigenvalue weighted by Gasteiger charge is 2.34. The number of carbonyl (C=O) groups is 2. The fourth-order valence-electron chi connectivity index (χ4n) is 2.98. The molecule has 3 rings (SSSR count). The standard InChI is InChI=1S/C17H22FN3O2/c1-12(22)20-8-10-21(11-9-20)16(17(23)19-15-6-7-15)13-2-4-14(18)5-3-13/h2-5,15-16H,6-11H2,1H3,(H,19,23). The molecular formula is C17H22FN3O2. The summed E-state index contributed by atoms with van der Waals surface area (Å²) in [5.74, 6) is -0.280. The highest BCUT2D eigenvalue weighted by Crippen LogP contribution is 2.26. The van der Waals surface area contributed by atoms with E-state index in [-0.39, 0.29) is 23.7 Å². The molecule has 23 heavy (non-hydrogen) atoms. The van der Waals surface area contributed by atoms with Crippen LogP contribution in [0.3, 0.4) is 0 Å². The summed E-state index contributed by atoms with van der Waals surface area (Å²) in [5, 5.41) is 3.04. The van der Waals surface area contributed by atoms with E-state index in [0.29, 0.717) is 26.2 Å². The molecule has 1 saturated heterocycles. The number of amides is 2. The van der Waals surface area contributed by atoms with Crippen LogP contribution in [0.2, 0.25) is 0 Å². The number of rotatable bonds is 4. The summed E-state index contributed by atoms with van der Waals surface area (Å²) < 4.78 is 13.2. The van der Waals surface area contributed by atoms with Crippen LogP contribution in [-0.2, 0) is 9.59 Å². The summed E-state index contributed by atoms with van der Waals surface area (Å²) in [4.78, 5) is 28.0. The second-order valence-electron chi connectivity index (χ2n) is 6.28. The molecule has 2 fully saturated rings. The Bertz CT molecular complexity index is 578. The minimum Gasteiger partial charge on any atom is -0.352 e. The van der Waals surface area contributed by atoms with Crippen LogP contribution in [0, 0.1) is 5.82 Å². The van der Waals surface area contributed by atoms with E-state index >= 15 is 0 Å². The van der Waals surface area contributed by atoms with E-state index in [1.165, 1.54) is 12.1 Å². The zero-order valence-corrected chi connectivity index (χ0v) is 13.3. The van der Waals surface area contributed by atoms with Crippen molar-refractivity contribution in [2.24, 2.45) is 0 Å². The predicted octanol–water partition coefficient (Wildman–Crippen LogP) is 1.31. The Balaban J connectivity index is 1.76. The molecule has 0 aromatic heterocycles. The molecule has 1 aromatic rings. The predicted molar refractivity (Wildman–Crippen MR) is 84.1 cm³/mol. The molecule has 1 heterocycles. The second kappa shape index (κ2) is 6.66. The third-order valence-electron chi connectivity index (χ3n) is 4.48. The molecule has 0 radical (unpaired) electrons. The van der Waals surface area contributed by atoms with Gasteiger partial charge in [-0.15, -0.1) is 0 Å². The van der Waals surface area contributed by atoms with E-state index in [1.807, 2.05) is 0 Å². The maximum absolute atomic E-state index is 13.2. The monoisotopic (exact) mass is 319 g/mol. The summed E-state index contributed by atoms with van der Waals surface area (Å²) in [6.45, 7) is 4.07. The van der Waals surface area contributed by atoms with Crippen LogP contribution in [0.25, 0.3) is 0 Å². The van der Waals surface area contributed by atoms with Crippen LogP contribution in [-0.4, -0.2) is 53.8 Å². The van der Waals surface area contributed by atoms with Crippen LogP contribution in [0.1, 0.15) is 31.4 Å². The Labute approximate surface area is 135 Å². The van der Waals surface area contributed by atoms with Crippen LogP contribution in [0.15, 0.2) is 24.3 Å². The SMILES string of the molecule is CC(=O)N1CCN(C(C(=O)NC2CC2)c2ccc(F)cc2)CC1. The van der Waals surface area contributed by atoms with Crippen molar-refractivity contribution in [3.8, 4) is 0 Å². The lowest BCUT2D eigenvalue weighted by molar-refractivity contribution is -0.132. The maximum Gasteiger partial charge on any atom is 0.242 e. The molecule has 2 amide bonds. The molecule has 124 valence electrons. The number of nitrogens with zero attached hydrogens (tertiary/aromatic N) is 2. The number of nitrogens with one attached hydrogen (secondary N) is 1. The average molecular weight is 319 g/mol. The van der Waals surface area contributed by atoms with E-state index in [0.717, 1.165) is 18.4 Å². The van der Waals surface area contributed by atoms with Gasteiger partial charge in [0.05, 0.1) is 0 Å². The molecular weight excluding hydrogens is 297 g/mol. The number of piperazine rings is 1. The molecule has 1 saturated carbocycles. The zero-order valence-electron chi connectivity index (χ0n) is 13.3. The van der Waals surface area contributed by atoms with Crippen LogP contribution < -0.4 is 5.32 Å². The Kier molecular flexibility index (Phi) is 4.61. The van der Waals surface area contributed by atoms with Crippen LogP contribution >= 0.6 is 0 Å². The van der Waals surface area contributed by atoms with Gasteiger partial charge in [0, 0.05) is 39.1 Å². The summed E-state index contributed by atoms with van der Waals surface area (Å²) in [6, 6.07) is 5.97. The summed E-state index contributed by atoms with van der Waals surface area (Å²) >= 11 is 0. The molecule has 1 N–H and O–H groups in total. The van der Waals surface area contributed by atoms with E-state index in [9.17, 15) is 14.0 Å². The normalized spacial score (nSPS) is 20.2. The van der Waals surface area contributed by atoms with Gasteiger partial charge in [0.1, 0.15) is 11.9 Å². The number of hydrogen-bond acceptors (Lipinski definition) is 3. The van der Waals surface area contributed by atoms with Gasteiger partial charge in [-0.05, 0) is 30.5 Å². The molecule has 6 heteroatoms. The van der Waals surface area contributed by atoms with Crippen molar-refractivity contribution in [1.82, 2.24) is 15.1 Å². The first-order valence-electron chi connectivity index (χ1n) is 8.10. The highest BCUT2D eigenvalue weighted by molar-refractivity contribution is 5.83. The quantitative estimate of drug-likeness (QED) is 0.910. The van der Waals surface area contributed by atoms with Crippen molar-refractivity contribution in [2.75, 3.05) is 26.2 Å². The molecule has 1 atom stereocenters. The van der Waals surface area contributed by atoms with Crippen molar-refractivity contribution in [1.29, 1.82) is 0 Å². The summed E-state index contributed by atoms with van der Waals surface area (Å²) in [5.41, 5.74) is 0.792. The lowest BCUT2D eigenvalue weighted by atomic mass is 10.0. The third kappa shape index (κ3) is 3.88. The number of hydrogen-bond donors (Lipinski definition) is 1. The minimum atomic E-state index is -0.426. The Morgan fingerprint density at radius 3 is 2.26 bits per heavy atom. The Hall–Kier alpha value is -1.95. The summed E-state index contributed by atoms with van der Waals surface area (Å²) in [7, 11) is 0. The topological polar surface area (TPSA) is 52.7 Å². The fraction of sp³-hybridized carbons (Fsp3) is 0.529. The van der Waals surface area contributed by atoms with Crippen molar-refractivity contribution in [3.63, 3.8) is 0 Å². The van der Waals surface area contributed by atoms with Gasteiger partial charge < -0.3 is 10.2 Å². The van der Waals surface area contributed by atoms with Crippen molar-refractivity contribution < 1.29 is 14.0 Å². The van der Waals surface area contributed by atoms with E-state index in [4.69, 9.17) is 0 Å². The van der Waals surface area contributed by atoms with Crippen LogP contribution in [0.4, 0.5) is 4.39 Å². The smallest absolute Gasteiger partial charge is 0.242 e. The first kappa shape index (κ1) is 15.9. The average Bonchev–Trinajstić information content (AvgIpc) is 3.34. The lowest BCUT2D eigenvalue weighted by Gasteiger charge is -2.38. The van der Waals surface area contributed by atoms with Gasteiger partial charge in [-0.25, -0.2) is 4.39 Å². The van der Waals surface area contributed by atoms with E-state index in [1.54, 1.807) is 24.0 Å². The number of benzene rings is 1. The molecule has 2 aliphatic rings. The van der Waals surface area contributed by atoms with Gasteiger partial charge in [-0.1, -0.05) is 12.1 Å². The van der Waals surface area contributed by atoms with Crippen molar-refractivity contribution in [2.45, 2.75) is 31.8 Å². The van der Waals surface area contributed by atoms with Gasteiger partial charge >= 0.3 is 0 Å². The Morgan fingerprint density at radius 2 is 1.74 bits per heavy atom. The molecule has 1 aliphatic heterocycles. The van der Waals surface area contributed by atoms with E-state index in [2.05, 4.69) is 10.2 Å². The van der Waals surface area contributed by atoms with Gasteiger partial charge in [-0.3, -0.25) is 14.5 Å². The Morgan fingerprint density at radius 1 is 1.13 bits per heavy atom. The fourth-order valence-corrected chi connectivity index (χ4v) is 2.98. The molecule has 0 spiro atoms. The first-order chi connectivity index (χ1) is 11.0. The maximum atomic E-state index is 13.2. The highest BCUT2D eigenvalue weighted by atomic mass is 19.1. The summed E-state index contributed by atoms with van der Waals surface area (Å²) in [6.07, 6.45) is 2.06. The molecule has 5 nitrogen and oxygen atoms in total. The largest absolute Gasteiger partial charge is 0.352 e. The van der Waals surface area contributed by atoms with Gasteiger partial charge in [0.2, 0.25) is 11.8 Å². The first-order valence-corrected chi connectivity index (χ1v) is 8.10. The molecule has 1 unspecified atom stereocenters. The number of halogens is 1. The molecule has 1 aromatic carbocycles. The molecule has 1 aliphatic carbocycles. The van der Waals surface area contributed by atoms with Gasteiger partial charge in [0.25, 0.3) is 0 Å². The second-order valence-corrected chi connectivity index (χ2v) is 6.28. The van der Waals surface area contributed by atoms with E-state index < -0.39 is 6.04 Å². The van der Waals surface area contributed by atoms with Crippen molar-refractivity contribution in [3.05, 3.63) is 35.6 Å². The van der Waals surface area contributed by atoms with Gasteiger partial charge in [-0.2, -0.15) is 0 Å². The zero-order chi connectivity index (χ0) is 16.4. The number of carbonyl (C=O) groups excluding carboxylic acids is 2. The third-order valence-corrected chi connectivity index (χ3v) is 4.48. The lowest BCUT2D eigenvalue weighted by Crippen LogP contribution is -2.52. The van der Waals surface area contributed by atoms with Crippen molar-refractivity contribution >= 4 is 11.8 Å². The minimum absolute atomic E-state index is 0.0321.